The first-order chi connectivity index (χ1) is 27.2. The fraction of sp³-hybridized carbons (Fsp3) is 0. The number of rotatable bonds is 6. The molecule has 9 aromatic carbocycles. The maximum absolute atomic E-state index is 6.27. The summed E-state index contributed by atoms with van der Waals surface area (Å²) in [4.78, 5) is 2.39. The Morgan fingerprint density at radius 2 is 1.00 bits per heavy atom. The standard InChI is InChI=1S/C52H33NOS/c1-2-11-36-31-39(21-20-34(36)10-1)38-13-9-12-37(30-38)35-22-25-41(26-23-35)53(42-27-29-50-47(33-42)44-15-4-7-18-49(44)54-50)48-17-6-3-14-43(48)40-24-28-46-45-16-5-8-19-51(45)55-52(46)32-40/h1-33H. The van der Waals surface area contributed by atoms with E-state index in [0.717, 1.165) is 39.0 Å². The van der Waals surface area contributed by atoms with Crippen molar-refractivity contribution in [2.45, 2.75) is 0 Å². The summed E-state index contributed by atoms with van der Waals surface area (Å²) in [5, 5.41) is 7.34. The first-order valence-corrected chi connectivity index (χ1v) is 19.5. The summed E-state index contributed by atoms with van der Waals surface area (Å²) in [7, 11) is 0. The highest BCUT2D eigenvalue weighted by Gasteiger charge is 2.20. The number of furan rings is 1. The van der Waals surface area contributed by atoms with E-state index in [1.54, 1.807) is 0 Å². The van der Waals surface area contributed by atoms with Crippen LogP contribution < -0.4 is 4.90 Å². The average Bonchev–Trinajstić information content (AvgIpc) is 3.82. The van der Waals surface area contributed by atoms with E-state index in [9.17, 15) is 0 Å². The van der Waals surface area contributed by atoms with Crippen LogP contribution in [0.15, 0.2) is 205 Å². The highest BCUT2D eigenvalue weighted by atomic mass is 32.1. The van der Waals surface area contributed by atoms with E-state index in [1.807, 2.05) is 23.5 Å². The number of thiophene rings is 1. The van der Waals surface area contributed by atoms with Crippen LogP contribution in [0.4, 0.5) is 17.1 Å². The van der Waals surface area contributed by atoms with Gasteiger partial charge in [0.15, 0.2) is 0 Å². The summed E-state index contributed by atoms with van der Waals surface area (Å²) in [6, 6.07) is 72.4. The zero-order chi connectivity index (χ0) is 36.3. The normalized spacial score (nSPS) is 11.6. The lowest BCUT2D eigenvalue weighted by Gasteiger charge is -2.28. The van der Waals surface area contributed by atoms with Gasteiger partial charge >= 0.3 is 0 Å². The van der Waals surface area contributed by atoms with Crippen molar-refractivity contribution in [3.8, 4) is 33.4 Å². The third-order valence-electron chi connectivity index (χ3n) is 10.9. The molecule has 0 saturated carbocycles. The summed E-state index contributed by atoms with van der Waals surface area (Å²) >= 11 is 1.86. The van der Waals surface area contributed by atoms with Crippen LogP contribution in [0.1, 0.15) is 0 Å². The molecule has 0 amide bonds. The molecule has 0 bridgehead atoms. The molecule has 0 aliphatic carbocycles. The molecule has 11 aromatic rings. The molecule has 0 spiro atoms. The SMILES string of the molecule is c1cc(-c2ccc(N(c3ccc4oc5ccccc5c4c3)c3ccccc3-c3ccc4c(c3)sc3ccccc34)cc2)cc(-c2ccc3ccccc3c2)c1. The van der Waals surface area contributed by atoms with Gasteiger partial charge in [-0.2, -0.15) is 0 Å². The van der Waals surface area contributed by atoms with Gasteiger partial charge in [-0.1, -0.05) is 133 Å². The van der Waals surface area contributed by atoms with Crippen LogP contribution in [0, 0.1) is 0 Å². The quantitative estimate of drug-likeness (QED) is 0.170. The van der Waals surface area contributed by atoms with Crippen molar-refractivity contribution in [1.82, 2.24) is 0 Å². The molecule has 2 aromatic heterocycles. The van der Waals surface area contributed by atoms with Crippen LogP contribution in [-0.2, 0) is 0 Å². The number of benzene rings is 9. The number of nitrogens with zero attached hydrogens (tertiary/aromatic N) is 1. The fourth-order valence-electron chi connectivity index (χ4n) is 8.14. The van der Waals surface area contributed by atoms with Gasteiger partial charge in [-0.05, 0) is 105 Å². The largest absolute Gasteiger partial charge is 0.456 e. The lowest BCUT2D eigenvalue weighted by molar-refractivity contribution is 0.669. The van der Waals surface area contributed by atoms with Crippen molar-refractivity contribution >= 4 is 81.3 Å². The Kier molecular flexibility index (Phi) is 7.39. The first-order valence-electron chi connectivity index (χ1n) is 18.7. The molecule has 0 fully saturated rings. The molecule has 0 saturated heterocycles. The maximum atomic E-state index is 6.27. The van der Waals surface area contributed by atoms with Crippen LogP contribution in [0.25, 0.3) is 86.3 Å². The Labute approximate surface area is 322 Å². The van der Waals surface area contributed by atoms with E-state index < -0.39 is 0 Å². The van der Waals surface area contributed by atoms with Crippen LogP contribution >= 0.6 is 11.3 Å². The topological polar surface area (TPSA) is 16.4 Å². The van der Waals surface area contributed by atoms with Gasteiger partial charge in [-0.15, -0.1) is 11.3 Å². The molecule has 11 rings (SSSR count). The van der Waals surface area contributed by atoms with E-state index in [-0.39, 0.29) is 0 Å². The lowest BCUT2D eigenvalue weighted by Crippen LogP contribution is -2.11. The third kappa shape index (κ3) is 5.48. The predicted octanol–water partition coefficient (Wildman–Crippen LogP) is 15.6. The van der Waals surface area contributed by atoms with Crippen LogP contribution in [0.5, 0.6) is 0 Å². The van der Waals surface area contributed by atoms with Gasteiger partial charge in [0, 0.05) is 47.9 Å². The maximum Gasteiger partial charge on any atom is 0.135 e. The zero-order valence-electron chi connectivity index (χ0n) is 29.8. The van der Waals surface area contributed by atoms with Gasteiger partial charge in [0.05, 0.1) is 5.69 Å². The van der Waals surface area contributed by atoms with Gasteiger partial charge in [0.25, 0.3) is 0 Å². The molecule has 0 atom stereocenters. The van der Waals surface area contributed by atoms with E-state index in [2.05, 4.69) is 193 Å². The minimum Gasteiger partial charge on any atom is -0.456 e. The number of anilines is 3. The third-order valence-corrected chi connectivity index (χ3v) is 12.0. The number of fused-ring (bicyclic) bond motifs is 7. The van der Waals surface area contributed by atoms with Crippen LogP contribution in [0.3, 0.4) is 0 Å². The summed E-state index contributed by atoms with van der Waals surface area (Å²) < 4.78 is 8.87. The molecule has 3 heteroatoms. The van der Waals surface area contributed by atoms with Crippen molar-refractivity contribution in [2.24, 2.45) is 0 Å². The summed E-state index contributed by atoms with van der Waals surface area (Å²) in [5.74, 6) is 0. The monoisotopic (exact) mass is 719 g/mol. The summed E-state index contributed by atoms with van der Waals surface area (Å²) in [5.41, 5.74) is 12.2. The Morgan fingerprint density at radius 3 is 1.91 bits per heavy atom. The molecule has 2 heterocycles. The average molecular weight is 720 g/mol. The number of hydrogen-bond donors (Lipinski definition) is 0. The Hall–Kier alpha value is -6.94. The van der Waals surface area contributed by atoms with Crippen molar-refractivity contribution in [2.75, 3.05) is 4.90 Å². The van der Waals surface area contributed by atoms with Gasteiger partial charge in [0.1, 0.15) is 11.2 Å². The van der Waals surface area contributed by atoms with E-state index in [4.69, 9.17) is 4.42 Å². The predicted molar refractivity (Wildman–Crippen MR) is 235 cm³/mol. The minimum absolute atomic E-state index is 0.884. The second-order valence-electron chi connectivity index (χ2n) is 14.1. The van der Waals surface area contributed by atoms with Gasteiger partial charge in [-0.25, -0.2) is 0 Å². The smallest absolute Gasteiger partial charge is 0.135 e. The van der Waals surface area contributed by atoms with E-state index in [0.29, 0.717) is 0 Å². The molecule has 0 aliphatic heterocycles. The van der Waals surface area contributed by atoms with Crippen molar-refractivity contribution in [1.29, 1.82) is 0 Å². The van der Waals surface area contributed by atoms with Crippen LogP contribution in [-0.4, -0.2) is 0 Å². The molecule has 2 nitrogen and oxygen atoms in total. The number of hydrogen-bond acceptors (Lipinski definition) is 3. The van der Waals surface area contributed by atoms with Gasteiger partial charge in [0.2, 0.25) is 0 Å². The Balaban J connectivity index is 1.04. The van der Waals surface area contributed by atoms with Gasteiger partial charge < -0.3 is 9.32 Å². The Morgan fingerprint density at radius 1 is 0.345 bits per heavy atom. The van der Waals surface area contributed by atoms with Crippen LogP contribution in [0.2, 0.25) is 0 Å². The molecular weight excluding hydrogens is 687 g/mol. The van der Waals surface area contributed by atoms with Crippen molar-refractivity contribution < 1.29 is 4.42 Å². The molecular formula is C52H33NOS. The van der Waals surface area contributed by atoms with Crippen molar-refractivity contribution in [3.05, 3.63) is 200 Å². The second-order valence-corrected chi connectivity index (χ2v) is 15.2. The first kappa shape index (κ1) is 31.6. The Bertz CT molecular complexity index is 3220. The summed E-state index contributed by atoms with van der Waals surface area (Å²) in [6.45, 7) is 0. The molecule has 0 N–H and O–H groups in total. The molecule has 0 unspecified atom stereocenters. The highest BCUT2D eigenvalue weighted by molar-refractivity contribution is 7.25. The molecule has 55 heavy (non-hydrogen) atoms. The van der Waals surface area contributed by atoms with E-state index in [1.165, 1.54) is 64.3 Å². The van der Waals surface area contributed by atoms with E-state index >= 15 is 0 Å². The van der Waals surface area contributed by atoms with Crippen molar-refractivity contribution in [3.63, 3.8) is 0 Å². The van der Waals surface area contributed by atoms with Gasteiger partial charge in [-0.3, -0.25) is 0 Å². The second kappa shape index (κ2) is 12.9. The lowest BCUT2D eigenvalue weighted by atomic mass is 9.97. The molecule has 258 valence electrons. The number of para-hydroxylation sites is 2. The summed E-state index contributed by atoms with van der Waals surface area (Å²) in [6.07, 6.45) is 0. The zero-order valence-corrected chi connectivity index (χ0v) is 30.6. The minimum atomic E-state index is 0.884. The molecule has 0 aliphatic rings. The fourth-order valence-corrected chi connectivity index (χ4v) is 9.28. The highest BCUT2D eigenvalue weighted by Crippen LogP contribution is 2.45. The molecule has 0 radical (unpaired) electrons.